The van der Waals surface area contributed by atoms with Gasteiger partial charge in [-0.1, -0.05) is 0 Å². The third-order valence-corrected chi connectivity index (χ3v) is 4.68. The Kier molecular flexibility index (Phi) is 4.99. The van der Waals surface area contributed by atoms with Crippen LogP contribution in [-0.4, -0.2) is 33.1 Å². The zero-order valence-corrected chi connectivity index (χ0v) is 13.9. The molecule has 0 saturated heterocycles. The van der Waals surface area contributed by atoms with E-state index < -0.39 is 20.2 Å². The molecule has 0 heterocycles. The first-order valence-electron chi connectivity index (χ1n) is 6.36. The van der Waals surface area contributed by atoms with Gasteiger partial charge < -0.3 is 10.2 Å². The van der Waals surface area contributed by atoms with E-state index in [9.17, 15) is 16.8 Å². The minimum Gasteiger partial charge on any atom is -0.495 e. The monoisotopic (exact) mass is 374 g/mol. The second kappa shape index (κ2) is 6.65. The number of hydrazine groups is 1. The molecule has 0 aliphatic rings. The van der Waals surface area contributed by atoms with Gasteiger partial charge >= 0.3 is 0 Å². The van der Waals surface area contributed by atoms with Crippen LogP contribution in [0.15, 0.2) is 52.3 Å². The van der Waals surface area contributed by atoms with E-state index in [1.807, 2.05) is 0 Å². The minimum atomic E-state index is -4.37. The summed E-state index contributed by atoms with van der Waals surface area (Å²) in [4.78, 5) is -0.590. The van der Waals surface area contributed by atoms with Crippen LogP contribution in [0, 0.1) is 0 Å². The van der Waals surface area contributed by atoms with E-state index >= 15 is 0 Å². The summed E-state index contributed by atoms with van der Waals surface area (Å²) < 4.78 is 67.3. The zero-order valence-electron chi connectivity index (χ0n) is 12.3. The molecular weight excluding hydrogens is 360 g/mol. The van der Waals surface area contributed by atoms with Gasteiger partial charge in [0.15, 0.2) is 0 Å². The second-order valence-corrected chi connectivity index (χ2v) is 7.43. The second-order valence-electron chi connectivity index (χ2n) is 4.59. The molecule has 9 nitrogen and oxygen atoms in total. The van der Waals surface area contributed by atoms with Gasteiger partial charge in [0, 0.05) is 0 Å². The molecule has 0 aliphatic carbocycles. The molecule has 2 aromatic carbocycles. The van der Waals surface area contributed by atoms with Gasteiger partial charge in [0.1, 0.15) is 5.75 Å². The molecule has 0 atom stereocenters. The fourth-order valence-corrected chi connectivity index (χ4v) is 2.78. The average Bonchev–Trinajstić information content (AvgIpc) is 2.51. The Morgan fingerprint density at radius 3 is 1.88 bits per heavy atom. The lowest BCUT2D eigenvalue weighted by atomic mass is 10.3. The lowest BCUT2D eigenvalue weighted by molar-refractivity contribution is 0.416. The van der Waals surface area contributed by atoms with E-state index in [1.54, 1.807) is 0 Å². The van der Waals surface area contributed by atoms with E-state index in [-0.39, 0.29) is 15.5 Å². The molecular formula is C13H14N2O7S2. The molecule has 0 fully saturated rings. The van der Waals surface area contributed by atoms with Crippen molar-refractivity contribution in [3.05, 3.63) is 42.5 Å². The fraction of sp³-hybridized carbons (Fsp3) is 0.0769. The van der Waals surface area contributed by atoms with Crippen molar-refractivity contribution < 1.29 is 30.7 Å². The van der Waals surface area contributed by atoms with E-state index in [2.05, 4.69) is 10.9 Å². The van der Waals surface area contributed by atoms with Crippen molar-refractivity contribution in [1.82, 2.24) is 0 Å². The first kappa shape index (κ1) is 18.0. The topological polar surface area (TPSA) is 142 Å². The number of ether oxygens (including phenoxy) is 1. The van der Waals surface area contributed by atoms with Crippen LogP contribution in [-0.2, 0) is 20.2 Å². The Labute approximate surface area is 138 Å². The van der Waals surface area contributed by atoms with Crippen molar-refractivity contribution >= 4 is 31.6 Å². The van der Waals surface area contributed by atoms with Gasteiger partial charge in [0.25, 0.3) is 20.2 Å². The highest BCUT2D eigenvalue weighted by Crippen LogP contribution is 2.27. The van der Waals surface area contributed by atoms with E-state index in [0.29, 0.717) is 11.4 Å². The molecule has 0 aliphatic heterocycles. The van der Waals surface area contributed by atoms with Crippen molar-refractivity contribution in [1.29, 1.82) is 0 Å². The summed E-state index contributed by atoms with van der Waals surface area (Å²) in [5.74, 6) is 0.310. The molecule has 0 bridgehead atoms. The predicted octanol–water partition coefficient (Wildman–Crippen LogP) is 1.63. The molecule has 24 heavy (non-hydrogen) atoms. The first-order chi connectivity index (χ1) is 11.1. The maximum Gasteiger partial charge on any atom is 0.294 e. The third-order valence-electron chi connectivity index (χ3n) is 2.96. The zero-order chi connectivity index (χ0) is 18.0. The van der Waals surface area contributed by atoms with Gasteiger partial charge in [-0.25, -0.2) is 0 Å². The van der Waals surface area contributed by atoms with E-state index in [4.69, 9.17) is 13.8 Å². The molecule has 0 unspecified atom stereocenters. The highest BCUT2D eigenvalue weighted by molar-refractivity contribution is 7.86. The number of methoxy groups -OCH3 is 1. The molecule has 0 amide bonds. The van der Waals surface area contributed by atoms with Crippen molar-refractivity contribution in [2.75, 3.05) is 18.0 Å². The van der Waals surface area contributed by atoms with Gasteiger partial charge in [-0.3, -0.25) is 14.5 Å². The summed E-state index contributed by atoms with van der Waals surface area (Å²) in [5.41, 5.74) is 6.06. The fourth-order valence-electron chi connectivity index (χ4n) is 1.79. The molecule has 0 spiro atoms. The molecule has 11 heteroatoms. The molecule has 0 radical (unpaired) electrons. The Balaban J connectivity index is 2.22. The van der Waals surface area contributed by atoms with Crippen molar-refractivity contribution in [3.63, 3.8) is 0 Å². The standard InChI is InChI=1S/C13H14N2O7S2/c1-22-13-7-6-11(24(19,20)21)8-12(13)15-14-9-2-4-10(5-3-9)23(16,17)18/h2-8,14-15H,1H3,(H,16,17,18)(H,19,20,21). The van der Waals surface area contributed by atoms with Crippen LogP contribution in [0.5, 0.6) is 5.75 Å². The van der Waals surface area contributed by atoms with Crippen LogP contribution in [0.3, 0.4) is 0 Å². The van der Waals surface area contributed by atoms with Crippen LogP contribution < -0.4 is 15.6 Å². The number of hydrogen-bond acceptors (Lipinski definition) is 7. The van der Waals surface area contributed by atoms with Gasteiger partial charge in [-0.05, 0) is 42.5 Å². The predicted molar refractivity (Wildman–Crippen MR) is 86.3 cm³/mol. The summed E-state index contributed by atoms with van der Waals surface area (Å²) in [5, 5.41) is 0. The lowest BCUT2D eigenvalue weighted by Crippen LogP contribution is -2.11. The smallest absolute Gasteiger partial charge is 0.294 e. The quantitative estimate of drug-likeness (QED) is 0.438. The maximum absolute atomic E-state index is 11.2. The number of anilines is 2. The van der Waals surface area contributed by atoms with Crippen molar-refractivity contribution in [3.8, 4) is 5.75 Å². The Morgan fingerprint density at radius 2 is 1.38 bits per heavy atom. The van der Waals surface area contributed by atoms with Gasteiger partial charge in [0.05, 0.1) is 28.3 Å². The van der Waals surface area contributed by atoms with E-state index in [0.717, 1.165) is 6.07 Å². The largest absolute Gasteiger partial charge is 0.495 e. The Hall–Kier alpha value is -2.34. The summed E-state index contributed by atoms with van der Waals surface area (Å²) in [6.45, 7) is 0. The normalized spacial score (nSPS) is 11.8. The van der Waals surface area contributed by atoms with Gasteiger partial charge in [-0.15, -0.1) is 0 Å². The van der Waals surface area contributed by atoms with Crippen LogP contribution in [0.4, 0.5) is 11.4 Å². The maximum atomic E-state index is 11.2. The minimum absolute atomic E-state index is 0.228. The Bertz CT molecular complexity index is 939. The highest BCUT2D eigenvalue weighted by Gasteiger charge is 2.13. The highest BCUT2D eigenvalue weighted by atomic mass is 32.2. The Morgan fingerprint density at radius 1 is 0.833 bits per heavy atom. The summed E-state index contributed by atoms with van der Waals surface area (Å²) in [7, 11) is -7.27. The molecule has 130 valence electrons. The van der Waals surface area contributed by atoms with Crippen LogP contribution in [0.1, 0.15) is 0 Å². The summed E-state index contributed by atoms with van der Waals surface area (Å²) in [6, 6.07) is 8.84. The number of hydrogen-bond donors (Lipinski definition) is 4. The SMILES string of the molecule is COc1ccc(S(=O)(=O)O)cc1NNc1ccc(S(=O)(=O)O)cc1. The van der Waals surface area contributed by atoms with Crippen LogP contribution in [0.2, 0.25) is 0 Å². The summed E-state index contributed by atoms with van der Waals surface area (Å²) in [6.07, 6.45) is 0. The molecule has 2 aromatic rings. The molecule has 0 aromatic heterocycles. The van der Waals surface area contributed by atoms with Crippen LogP contribution >= 0.6 is 0 Å². The molecule has 2 rings (SSSR count). The average molecular weight is 374 g/mol. The number of benzene rings is 2. The lowest BCUT2D eigenvalue weighted by Gasteiger charge is -2.14. The number of rotatable bonds is 6. The molecule has 0 saturated carbocycles. The molecule has 4 N–H and O–H groups in total. The van der Waals surface area contributed by atoms with E-state index in [1.165, 1.54) is 43.5 Å². The van der Waals surface area contributed by atoms with Crippen molar-refractivity contribution in [2.24, 2.45) is 0 Å². The first-order valence-corrected chi connectivity index (χ1v) is 9.24. The van der Waals surface area contributed by atoms with Crippen molar-refractivity contribution in [2.45, 2.75) is 9.79 Å². The van der Waals surface area contributed by atoms with Gasteiger partial charge in [-0.2, -0.15) is 16.8 Å². The van der Waals surface area contributed by atoms with Crippen LogP contribution in [0.25, 0.3) is 0 Å². The number of nitrogens with one attached hydrogen (secondary N) is 2. The third kappa shape index (κ3) is 4.35. The van der Waals surface area contributed by atoms with Gasteiger partial charge in [0.2, 0.25) is 0 Å². The summed E-state index contributed by atoms with van der Waals surface area (Å²) >= 11 is 0.